The van der Waals surface area contributed by atoms with Crippen molar-refractivity contribution < 1.29 is 19.1 Å². The predicted molar refractivity (Wildman–Crippen MR) is 103 cm³/mol. The number of rotatable bonds is 8. The summed E-state index contributed by atoms with van der Waals surface area (Å²) in [5, 5.41) is 0. The van der Waals surface area contributed by atoms with Crippen LogP contribution in [0.25, 0.3) is 0 Å². The molecular formula is C22H25NO4. The third-order valence-corrected chi connectivity index (χ3v) is 4.65. The first-order valence-electron chi connectivity index (χ1n) is 9.48. The molecule has 27 heavy (non-hydrogen) atoms. The van der Waals surface area contributed by atoms with E-state index in [1.165, 1.54) is 4.90 Å². The summed E-state index contributed by atoms with van der Waals surface area (Å²) >= 11 is 0. The van der Waals surface area contributed by atoms with Crippen LogP contribution in [0, 0.1) is 0 Å². The van der Waals surface area contributed by atoms with Gasteiger partial charge in [-0.15, -0.1) is 0 Å². The number of ether oxygens (including phenoxy) is 2. The van der Waals surface area contributed by atoms with Crippen LogP contribution < -0.4 is 9.47 Å². The van der Waals surface area contributed by atoms with Crippen molar-refractivity contribution in [3.05, 3.63) is 59.2 Å². The van der Waals surface area contributed by atoms with Gasteiger partial charge in [-0.1, -0.05) is 31.5 Å². The number of benzene rings is 2. The minimum Gasteiger partial charge on any atom is -0.490 e. The molecule has 1 aliphatic heterocycles. The molecule has 0 spiro atoms. The Kier molecular flexibility index (Phi) is 5.79. The van der Waals surface area contributed by atoms with Gasteiger partial charge in [0.25, 0.3) is 11.8 Å². The molecule has 0 aliphatic carbocycles. The van der Waals surface area contributed by atoms with Crippen molar-refractivity contribution in [2.24, 2.45) is 0 Å². The molecule has 2 amide bonds. The monoisotopic (exact) mass is 367 g/mol. The number of carbonyl (C=O) groups is 2. The van der Waals surface area contributed by atoms with Crippen LogP contribution in [0.2, 0.25) is 0 Å². The standard InChI is InChI=1S/C22H25NO4/c1-4-9-18(15-12-13-19(26-5-2)20(14-15)27-6-3)23-21(24)16-10-7-8-11-17(16)22(23)25/h7-8,10-14,18H,4-6,9H2,1-3H3. The Morgan fingerprint density at radius 1 is 0.852 bits per heavy atom. The zero-order valence-electron chi connectivity index (χ0n) is 16.0. The van der Waals surface area contributed by atoms with E-state index >= 15 is 0 Å². The van der Waals surface area contributed by atoms with Crippen molar-refractivity contribution >= 4 is 11.8 Å². The highest BCUT2D eigenvalue weighted by Crippen LogP contribution is 2.38. The molecule has 0 saturated carbocycles. The SMILES string of the molecule is CCCC(c1ccc(OCC)c(OCC)c1)N1C(=O)c2ccccc2C1=O. The van der Waals surface area contributed by atoms with Crippen LogP contribution in [-0.4, -0.2) is 29.9 Å². The van der Waals surface area contributed by atoms with E-state index in [1.807, 2.05) is 39.0 Å². The number of fused-ring (bicyclic) bond motifs is 1. The lowest BCUT2D eigenvalue weighted by Gasteiger charge is -2.27. The van der Waals surface area contributed by atoms with Crippen LogP contribution in [0.4, 0.5) is 0 Å². The van der Waals surface area contributed by atoms with Crippen LogP contribution >= 0.6 is 0 Å². The number of hydrogen-bond acceptors (Lipinski definition) is 4. The molecule has 142 valence electrons. The molecule has 0 N–H and O–H groups in total. The van der Waals surface area contributed by atoms with Gasteiger partial charge in [0.15, 0.2) is 11.5 Å². The number of amides is 2. The molecule has 5 heteroatoms. The third-order valence-electron chi connectivity index (χ3n) is 4.65. The van der Waals surface area contributed by atoms with Crippen LogP contribution in [0.1, 0.15) is 65.9 Å². The van der Waals surface area contributed by atoms with Crippen LogP contribution in [-0.2, 0) is 0 Å². The van der Waals surface area contributed by atoms with Crippen molar-refractivity contribution in [2.45, 2.75) is 39.7 Å². The van der Waals surface area contributed by atoms with Gasteiger partial charge in [-0.05, 0) is 50.1 Å². The summed E-state index contributed by atoms with van der Waals surface area (Å²) in [5.74, 6) is 0.831. The molecule has 1 atom stereocenters. The van der Waals surface area contributed by atoms with Crippen molar-refractivity contribution in [1.82, 2.24) is 4.90 Å². The van der Waals surface area contributed by atoms with E-state index in [1.54, 1.807) is 24.3 Å². The van der Waals surface area contributed by atoms with Crippen molar-refractivity contribution in [1.29, 1.82) is 0 Å². The summed E-state index contributed by atoms with van der Waals surface area (Å²) in [5.41, 5.74) is 1.82. The smallest absolute Gasteiger partial charge is 0.262 e. The predicted octanol–water partition coefficient (Wildman–Crippen LogP) is 4.62. The van der Waals surface area contributed by atoms with E-state index < -0.39 is 0 Å². The summed E-state index contributed by atoms with van der Waals surface area (Å²) in [7, 11) is 0. The van der Waals surface area contributed by atoms with Gasteiger partial charge in [0.05, 0.1) is 30.4 Å². The Morgan fingerprint density at radius 2 is 1.44 bits per heavy atom. The quantitative estimate of drug-likeness (QED) is 0.639. The topological polar surface area (TPSA) is 55.8 Å². The third kappa shape index (κ3) is 3.54. The highest BCUT2D eigenvalue weighted by Gasteiger charge is 2.40. The Balaban J connectivity index is 2.00. The molecule has 5 nitrogen and oxygen atoms in total. The second kappa shape index (κ2) is 8.25. The Morgan fingerprint density at radius 3 is 2.00 bits per heavy atom. The summed E-state index contributed by atoms with van der Waals surface area (Å²) in [6.45, 7) is 6.92. The van der Waals surface area contributed by atoms with E-state index in [4.69, 9.17) is 9.47 Å². The Hall–Kier alpha value is -2.82. The zero-order valence-corrected chi connectivity index (χ0v) is 16.0. The molecule has 0 saturated heterocycles. The van der Waals surface area contributed by atoms with Gasteiger partial charge in [-0.25, -0.2) is 0 Å². The van der Waals surface area contributed by atoms with Gasteiger partial charge in [0.2, 0.25) is 0 Å². The van der Waals surface area contributed by atoms with Gasteiger partial charge in [0.1, 0.15) is 0 Å². The van der Waals surface area contributed by atoms with Crippen LogP contribution in [0.5, 0.6) is 11.5 Å². The Bertz CT molecular complexity index is 811. The molecule has 0 fully saturated rings. The van der Waals surface area contributed by atoms with Gasteiger partial charge >= 0.3 is 0 Å². The minimum atomic E-state index is -0.336. The summed E-state index contributed by atoms with van der Waals surface area (Å²) in [6, 6.07) is 12.3. The molecule has 0 radical (unpaired) electrons. The molecule has 1 heterocycles. The van der Waals surface area contributed by atoms with Gasteiger partial charge in [-0.2, -0.15) is 0 Å². The van der Waals surface area contributed by atoms with E-state index in [9.17, 15) is 9.59 Å². The van der Waals surface area contributed by atoms with Gasteiger partial charge < -0.3 is 9.47 Å². The minimum absolute atomic E-state index is 0.235. The van der Waals surface area contributed by atoms with Gasteiger partial charge in [0, 0.05) is 0 Å². The number of carbonyl (C=O) groups excluding carboxylic acids is 2. The zero-order chi connectivity index (χ0) is 19.4. The van der Waals surface area contributed by atoms with E-state index in [-0.39, 0.29) is 17.9 Å². The highest BCUT2D eigenvalue weighted by molar-refractivity contribution is 6.21. The van der Waals surface area contributed by atoms with Crippen molar-refractivity contribution in [2.75, 3.05) is 13.2 Å². The van der Waals surface area contributed by atoms with Crippen LogP contribution in [0.3, 0.4) is 0 Å². The normalized spacial score (nSPS) is 14.3. The maximum absolute atomic E-state index is 12.9. The molecule has 0 bridgehead atoms. The second-order valence-electron chi connectivity index (χ2n) is 6.40. The molecular weight excluding hydrogens is 342 g/mol. The summed E-state index contributed by atoms with van der Waals surface area (Å²) in [6.07, 6.45) is 1.53. The lowest BCUT2D eigenvalue weighted by molar-refractivity contribution is 0.0573. The summed E-state index contributed by atoms with van der Waals surface area (Å²) < 4.78 is 11.4. The lowest BCUT2D eigenvalue weighted by Crippen LogP contribution is -2.34. The van der Waals surface area contributed by atoms with Crippen molar-refractivity contribution in [3.63, 3.8) is 0 Å². The van der Waals surface area contributed by atoms with E-state index in [0.717, 1.165) is 12.0 Å². The van der Waals surface area contributed by atoms with Crippen LogP contribution in [0.15, 0.2) is 42.5 Å². The average molecular weight is 367 g/mol. The largest absolute Gasteiger partial charge is 0.490 e. The first-order valence-corrected chi connectivity index (χ1v) is 9.48. The molecule has 0 aromatic heterocycles. The fourth-order valence-corrected chi connectivity index (χ4v) is 3.48. The fourth-order valence-electron chi connectivity index (χ4n) is 3.48. The average Bonchev–Trinajstić information content (AvgIpc) is 2.93. The molecule has 1 unspecified atom stereocenters. The van der Waals surface area contributed by atoms with Crippen molar-refractivity contribution in [3.8, 4) is 11.5 Å². The fraction of sp³-hybridized carbons (Fsp3) is 0.364. The summed E-state index contributed by atoms with van der Waals surface area (Å²) in [4.78, 5) is 27.2. The van der Waals surface area contributed by atoms with Gasteiger partial charge in [-0.3, -0.25) is 14.5 Å². The van der Waals surface area contributed by atoms with E-state index in [0.29, 0.717) is 42.3 Å². The lowest BCUT2D eigenvalue weighted by atomic mass is 10.00. The Labute approximate surface area is 159 Å². The highest BCUT2D eigenvalue weighted by atomic mass is 16.5. The number of imide groups is 1. The molecule has 1 aliphatic rings. The number of nitrogens with zero attached hydrogens (tertiary/aromatic N) is 1. The molecule has 2 aromatic rings. The first kappa shape index (κ1) is 19.0. The maximum Gasteiger partial charge on any atom is 0.262 e. The second-order valence-corrected chi connectivity index (χ2v) is 6.40. The maximum atomic E-state index is 12.9. The molecule has 2 aromatic carbocycles. The first-order chi connectivity index (χ1) is 13.1. The molecule has 3 rings (SSSR count). The van der Waals surface area contributed by atoms with E-state index in [2.05, 4.69) is 0 Å². The number of hydrogen-bond donors (Lipinski definition) is 0.